The van der Waals surface area contributed by atoms with Crippen LogP contribution >= 0.6 is 0 Å². The fraction of sp³-hybridized carbons (Fsp3) is 0.423. The third kappa shape index (κ3) is 5.09. The number of halogens is 3. The summed E-state index contributed by atoms with van der Waals surface area (Å²) in [7, 11) is 1.52. The number of hydrogen-bond donors (Lipinski definition) is 2. The summed E-state index contributed by atoms with van der Waals surface area (Å²) in [4.78, 5) is 22.5. The van der Waals surface area contributed by atoms with Crippen molar-refractivity contribution in [2.24, 2.45) is 0 Å². The normalized spacial score (nSPS) is 16.6. The fourth-order valence-electron chi connectivity index (χ4n) is 4.65. The topological polar surface area (TPSA) is 87.6 Å². The average Bonchev–Trinajstić information content (AvgIpc) is 2.83. The van der Waals surface area contributed by atoms with Gasteiger partial charge in [0.25, 0.3) is 0 Å². The van der Waals surface area contributed by atoms with Crippen LogP contribution in [-0.4, -0.2) is 46.1 Å². The third-order valence-electron chi connectivity index (χ3n) is 6.73. The van der Waals surface area contributed by atoms with Gasteiger partial charge in [-0.2, -0.15) is 13.2 Å². The fourth-order valence-corrected chi connectivity index (χ4v) is 4.65. The molecule has 1 amide bonds. The number of aliphatic hydroxyl groups is 1. The van der Waals surface area contributed by atoms with Crippen LogP contribution in [0.15, 0.2) is 36.4 Å². The van der Waals surface area contributed by atoms with Crippen LogP contribution in [0.25, 0.3) is 10.9 Å². The molecule has 0 radical (unpaired) electrons. The molecule has 0 spiro atoms. The maximum atomic E-state index is 13.2. The van der Waals surface area contributed by atoms with E-state index < -0.39 is 23.4 Å². The Morgan fingerprint density at radius 1 is 1.19 bits per heavy atom. The monoisotopic (exact) mass is 502 g/mol. The molecular weight excluding hydrogens is 473 g/mol. The second-order valence-electron chi connectivity index (χ2n) is 9.22. The third-order valence-corrected chi connectivity index (χ3v) is 6.73. The van der Waals surface area contributed by atoms with E-state index in [-0.39, 0.29) is 5.91 Å². The number of aromatic nitrogens is 2. The van der Waals surface area contributed by atoms with Crippen LogP contribution in [0, 0.1) is 6.92 Å². The van der Waals surface area contributed by atoms with Crippen LogP contribution in [0.4, 0.5) is 19.0 Å². The van der Waals surface area contributed by atoms with Gasteiger partial charge >= 0.3 is 6.18 Å². The minimum Gasteiger partial charge on any atom is -0.496 e. The van der Waals surface area contributed by atoms with Crippen LogP contribution in [-0.2, 0) is 16.6 Å². The van der Waals surface area contributed by atoms with E-state index in [2.05, 4.69) is 15.3 Å². The number of fused-ring (bicyclic) bond motifs is 1. The zero-order valence-electron chi connectivity index (χ0n) is 20.6. The van der Waals surface area contributed by atoms with Gasteiger partial charge in [0.05, 0.1) is 23.8 Å². The van der Waals surface area contributed by atoms with Gasteiger partial charge in [-0.3, -0.25) is 4.79 Å². The van der Waals surface area contributed by atoms with Gasteiger partial charge in [0.1, 0.15) is 17.4 Å². The van der Waals surface area contributed by atoms with Crippen molar-refractivity contribution < 1.29 is 27.8 Å². The zero-order chi connectivity index (χ0) is 26.3. The first-order valence-corrected chi connectivity index (χ1v) is 11.7. The second kappa shape index (κ2) is 9.57. The Morgan fingerprint density at radius 2 is 1.89 bits per heavy atom. The Hall–Kier alpha value is -3.40. The molecule has 0 aliphatic carbocycles. The van der Waals surface area contributed by atoms with Gasteiger partial charge in [0.2, 0.25) is 5.91 Å². The minimum absolute atomic E-state index is 0.0403. The summed E-state index contributed by atoms with van der Waals surface area (Å²) < 4.78 is 45.2. The number of aryl methyl sites for hydroxylation is 1. The number of anilines is 1. The number of hydrogen-bond acceptors (Lipinski definition) is 6. The predicted octanol–water partition coefficient (Wildman–Crippen LogP) is 4.97. The molecule has 0 unspecified atom stereocenters. The molecule has 1 aromatic heterocycles. The molecule has 2 aromatic carbocycles. The number of nitrogens with one attached hydrogen (secondary N) is 1. The van der Waals surface area contributed by atoms with Gasteiger partial charge < -0.3 is 20.1 Å². The Labute approximate surface area is 207 Å². The summed E-state index contributed by atoms with van der Waals surface area (Å²) in [6, 6.07) is 8.18. The molecule has 7 nitrogen and oxygen atoms in total. The molecule has 2 N–H and O–H groups in total. The highest BCUT2D eigenvalue weighted by molar-refractivity contribution is 5.91. The average molecular weight is 503 g/mol. The van der Waals surface area contributed by atoms with E-state index >= 15 is 0 Å². The highest BCUT2D eigenvalue weighted by Crippen LogP contribution is 2.41. The largest absolute Gasteiger partial charge is 0.496 e. The van der Waals surface area contributed by atoms with E-state index in [1.165, 1.54) is 20.1 Å². The van der Waals surface area contributed by atoms with E-state index in [0.29, 0.717) is 65.4 Å². The lowest BCUT2D eigenvalue weighted by Gasteiger charge is -2.38. The number of methoxy groups -OCH3 is 1. The molecule has 4 rings (SSSR count). The number of carbonyl (C=O) groups excluding carboxylic acids is 1. The number of carbonyl (C=O) groups is 1. The molecule has 1 aliphatic rings. The molecule has 1 saturated heterocycles. The number of piperidine rings is 1. The first kappa shape index (κ1) is 25.7. The lowest BCUT2D eigenvalue weighted by atomic mass is 9.83. The van der Waals surface area contributed by atoms with Gasteiger partial charge in [-0.1, -0.05) is 12.1 Å². The molecule has 0 saturated carbocycles. The Kier molecular flexibility index (Phi) is 6.83. The number of nitrogens with zero attached hydrogens (tertiary/aromatic N) is 3. The Bertz CT molecular complexity index is 1290. The van der Waals surface area contributed by atoms with Crippen molar-refractivity contribution in [1.82, 2.24) is 14.9 Å². The second-order valence-corrected chi connectivity index (χ2v) is 9.22. The quantitative estimate of drug-likeness (QED) is 0.512. The molecule has 192 valence electrons. The van der Waals surface area contributed by atoms with Crippen molar-refractivity contribution in [3.63, 3.8) is 0 Å². The van der Waals surface area contributed by atoms with Gasteiger partial charge in [-0.05, 0) is 50.5 Å². The summed E-state index contributed by atoms with van der Waals surface area (Å²) in [5.74, 6) is 1.35. The van der Waals surface area contributed by atoms with Gasteiger partial charge in [0, 0.05) is 43.1 Å². The predicted molar refractivity (Wildman–Crippen MR) is 130 cm³/mol. The zero-order valence-corrected chi connectivity index (χ0v) is 20.6. The molecule has 1 atom stereocenters. The van der Waals surface area contributed by atoms with Crippen molar-refractivity contribution >= 4 is 22.6 Å². The summed E-state index contributed by atoms with van der Waals surface area (Å²) >= 11 is 0. The number of benzene rings is 2. The number of rotatable bonds is 5. The first-order chi connectivity index (χ1) is 16.9. The molecule has 36 heavy (non-hydrogen) atoms. The van der Waals surface area contributed by atoms with E-state index in [1.54, 1.807) is 36.9 Å². The van der Waals surface area contributed by atoms with Crippen molar-refractivity contribution in [3.8, 4) is 5.75 Å². The molecule has 3 aromatic rings. The van der Waals surface area contributed by atoms with Crippen LogP contribution in [0.1, 0.15) is 55.2 Å². The Balaban J connectivity index is 1.73. The first-order valence-electron chi connectivity index (χ1n) is 11.7. The SMILES string of the molecule is COc1cc2nc(C)nc(N[C@H](C)c3cccc(C(F)(F)F)c3)c2cc1C1(O)CCN(C(C)=O)CC1. The molecule has 1 fully saturated rings. The summed E-state index contributed by atoms with van der Waals surface area (Å²) in [6.45, 7) is 5.81. The molecule has 1 aliphatic heterocycles. The van der Waals surface area contributed by atoms with Gasteiger partial charge in [-0.25, -0.2) is 9.97 Å². The molecule has 2 heterocycles. The Morgan fingerprint density at radius 3 is 2.50 bits per heavy atom. The number of alkyl halides is 3. The number of ether oxygens (including phenoxy) is 1. The van der Waals surface area contributed by atoms with E-state index in [4.69, 9.17) is 4.74 Å². The summed E-state index contributed by atoms with van der Waals surface area (Å²) in [5, 5.41) is 15.4. The molecular formula is C26H29F3N4O3. The lowest BCUT2D eigenvalue weighted by molar-refractivity contribution is -0.137. The van der Waals surface area contributed by atoms with Crippen LogP contribution in [0.5, 0.6) is 5.75 Å². The van der Waals surface area contributed by atoms with Crippen molar-refractivity contribution in [1.29, 1.82) is 0 Å². The molecule has 10 heteroatoms. The van der Waals surface area contributed by atoms with Crippen molar-refractivity contribution in [2.45, 2.75) is 51.4 Å². The van der Waals surface area contributed by atoms with Crippen LogP contribution < -0.4 is 10.1 Å². The highest BCUT2D eigenvalue weighted by atomic mass is 19.4. The summed E-state index contributed by atoms with van der Waals surface area (Å²) in [5.41, 5.74) is -0.350. The summed E-state index contributed by atoms with van der Waals surface area (Å²) in [6.07, 6.45) is -3.76. The lowest BCUT2D eigenvalue weighted by Crippen LogP contribution is -2.44. The standard InChI is InChI=1S/C26H29F3N4O3/c1-15(18-6-5-7-19(12-18)26(27,28)29)30-24-20-13-21(23(36-4)14-22(20)31-16(2)32-24)25(35)8-10-33(11-9-25)17(3)34/h5-7,12-15,35H,8-11H2,1-4H3,(H,30,31,32)/t15-/m1/s1. The van der Waals surface area contributed by atoms with E-state index in [9.17, 15) is 23.1 Å². The smallest absolute Gasteiger partial charge is 0.416 e. The maximum absolute atomic E-state index is 13.2. The van der Waals surface area contributed by atoms with Gasteiger partial charge in [0.15, 0.2) is 0 Å². The minimum atomic E-state index is -4.44. The van der Waals surface area contributed by atoms with Crippen LogP contribution in [0.2, 0.25) is 0 Å². The highest BCUT2D eigenvalue weighted by Gasteiger charge is 2.37. The molecule has 0 bridgehead atoms. The van der Waals surface area contributed by atoms with E-state index in [0.717, 1.165) is 12.1 Å². The van der Waals surface area contributed by atoms with Crippen LogP contribution in [0.3, 0.4) is 0 Å². The number of amides is 1. The number of likely N-dealkylation sites (tertiary alicyclic amines) is 1. The van der Waals surface area contributed by atoms with Crippen molar-refractivity contribution in [3.05, 3.63) is 58.9 Å². The maximum Gasteiger partial charge on any atom is 0.416 e. The van der Waals surface area contributed by atoms with Crippen molar-refractivity contribution in [2.75, 3.05) is 25.5 Å². The van der Waals surface area contributed by atoms with E-state index in [1.807, 2.05) is 0 Å². The van der Waals surface area contributed by atoms with Gasteiger partial charge in [-0.15, -0.1) is 0 Å².